The van der Waals surface area contributed by atoms with E-state index in [1.54, 1.807) is 24.3 Å². The van der Waals surface area contributed by atoms with E-state index in [0.29, 0.717) is 53.2 Å². The third-order valence-corrected chi connectivity index (χ3v) is 5.14. The molecule has 0 fully saturated rings. The summed E-state index contributed by atoms with van der Waals surface area (Å²) in [7, 11) is 0. The third-order valence-electron chi connectivity index (χ3n) is 5.14. The van der Waals surface area contributed by atoms with Gasteiger partial charge in [0.15, 0.2) is 0 Å². The number of hydroxylamine groups is 2. The topological polar surface area (TPSA) is 65.1 Å². The Bertz CT molecular complexity index is 843. The average molecular weight is 414 g/mol. The average Bonchev–Trinajstić information content (AvgIpc) is 2.75. The molecule has 1 heterocycles. The molecule has 0 atom stereocenters. The number of hydrogen-bond acceptors (Lipinski definition) is 5. The molecule has 2 aromatic carbocycles. The molecule has 0 saturated carbocycles. The molecule has 30 heavy (non-hydrogen) atoms. The maximum atomic E-state index is 13.0. The second-order valence-corrected chi connectivity index (χ2v) is 7.47. The largest absolute Gasteiger partial charge is 0.493 e. The molecule has 0 aliphatic carbocycles. The van der Waals surface area contributed by atoms with Crippen molar-refractivity contribution >= 4 is 22.6 Å². The predicted octanol–water partition coefficient (Wildman–Crippen LogP) is 5.53. The van der Waals surface area contributed by atoms with Crippen molar-refractivity contribution in [2.24, 2.45) is 0 Å². The zero-order valence-corrected chi connectivity index (χ0v) is 18.2. The van der Waals surface area contributed by atoms with Gasteiger partial charge in [0.1, 0.15) is 11.5 Å². The van der Waals surface area contributed by atoms with Crippen molar-refractivity contribution in [2.45, 2.75) is 59.3 Å². The van der Waals surface area contributed by atoms with Gasteiger partial charge in [-0.1, -0.05) is 40.0 Å². The molecule has 2 amide bonds. The zero-order valence-electron chi connectivity index (χ0n) is 18.2. The molecule has 162 valence electrons. The van der Waals surface area contributed by atoms with Gasteiger partial charge in [-0.2, -0.15) is 0 Å². The molecular formula is C24H31NO5. The minimum absolute atomic E-state index is 0.322. The van der Waals surface area contributed by atoms with Gasteiger partial charge in [0.2, 0.25) is 0 Å². The molecule has 6 nitrogen and oxygen atoms in total. The first-order valence-corrected chi connectivity index (χ1v) is 11.0. The molecule has 1 aliphatic heterocycles. The molecule has 0 bridgehead atoms. The summed E-state index contributed by atoms with van der Waals surface area (Å²) in [6, 6.07) is 7.02. The second kappa shape index (κ2) is 10.4. The van der Waals surface area contributed by atoms with Crippen LogP contribution in [0.25, 0.3) is 10.8 Å². The van der Waals surface area contributed by atoms with Gasteiger partial charge in [-0.3, -0.25) is 14.4 Å². The van der Waals surface area contributed by atoms with Crippen molar-refractivity contribution in [2.75, 3.05) is 19.8 Å². The number of nitrogens with zero attached hydrogens (tertiary/aromatic N) is 1. The highest BCUT2D eigenvalue weighted by Crippen LogP contribution is 2.41. The number of hydrogen-bond donors (Lipinski definition) is 0. The van der Waals surface area contributed by atoms with Gasteiger partial charge in [-0.15, -0.1) is 5.06 Å². The SMILES string of the molecule is CCCCOc1ccc2c3c(ccc(OCCCC)c13)C(=O)N(OCCCC)C2=O. The number of ether oxygens (including phenoxy) is 2. The fraction of sp³-hybridized carbons (Fsp3) is 0.500. The summed E-state index contributed by atoms with van der Waals surface area (Å²) in [6.07, 6.45) is 5.56. The van der Waals surface area contributed by atoms with E-state index in [1.165, 1.54) is 0 Å². The Hall–Kier alpha value is -2.60. The fourth-order valence-corrected chi connectivity index (χ4v) is 3.41. The Morgan fingerprint density at radius 3 is 1.60 bits per heavy atom. The Morgan fingerprint density at radius 1 is 0.667 bits per heavy atom. The first-order chi connectivity index (χ1) is 14.6. The van der Waals surface area contributed by atoms with Gasteiger partial charge >= 0.3 is 0 Å². The summed E-state index contributed by atoms with van der Waals surface area (Å²) in [5, 5.41) is 2.16. The van der Waals surface area contributed by atoms with Crippen LogP contribution in [0.4, 0.5) is 0 Å². The van der Waals surface area contributed by atoms with Gasteiger partial charge in [0.25, 0.3) is 11.8 Å². The van der Waals surface area contributed by atoms with E-state index < -0.39 is 11.8 Å². The predicted molar refractivity (Wildman–Crippen MR) is 116 cm³/mol. The fourth-order valence-electron chi connectivity index (χ4n) is 3.41. The van der Waals surface area contributed by atoms with Crippen LogP contribution in [0, 0.1) is 0 Å². The highest BCUT2D eigenvalue weighted by Gasteiger charge is 2.35. The molecule has 0 saturated heterocycles. The monoisotopic (exact) mass is 413 g/mol. The lowest BCUT2D eigenvalue weighted by Gasteiger charge is -2.27. The maximum absolute atomic E-state index is 13.0. The van der Waals surface area contributed by atoms with Crippen LogP contribution in [0.5, 0.6) is 11.5 Å². The van der Waals surface area contributed by atoms with Crippen LogP contribution in [0.3, 0.4) is 0 Å². The van der Waals surface area contributed by atoms with Gasteiger partial charge in [-0.05, 0) is 43.5 Å². The Balaban J connectivity index is 2.07. The van der Waals surface area contributed by atoms with Crippen molar-refractivity contribution in [3.63, 3.8) is 0 Å². The first-order valence-electron chi connectivity index (χ1n) is 11.0. The lowest BCUT2D eigenvalue weighted by atomic mass is 9.93. The van der Waals surface area contributed by atoms with Crippen LogP contribution in [0.2, 0.25) is 0 Å². The molecule has 0 radical (unpaired) electrons. The minimum atomic E-state index is -0.445. The first kappa shape index (κ1) is 22.1. The van der Waals surface area contributed by atoms with Gasteiger partial charge in [0, 0.05) is 5.39 Å². The van der Waals surface area contributed by atoms with Crippen molar-refractivity contribution in [3.05, 3.63) is 35.4 Å². The van der Waals surface area contributed by atoms with Crippen molar-refractivity contribution in [1.29, 1.82) is 0 Å². The standard InChI is InChI=1S/C24H31NO5/c1-4-7-14-28-19-12-10-17-21-18(11-13-20(22(19)21)29-15-8-5-2)24(27)25(23(17)26)30-16-9-6-3/h10-13H,4-9,14-16H2,1-3H3. The van der Waals surface area contributed by atoms with Gasteiger partial charge in [-0.25, -0.2) is 0 Å². The molecule has 3 rings (SSSR count). The van der Waals surface area contributed by atoms with Crippen LogP contribution in [-0.4, -0.2) is 36.7 Å². The smallest absolute Gasteiger partial charge is 0.285 e. The number of unbranched alkanes of at least 4 members (excludes halogenated alkanes) is 3. The van der Waals surface area contributed by atoms with Gasteiger partial charge < -0.3 is 9.47 Å². The van der Waals surface area contributed by atoms with Crippen LogP contribution >= 0.6 is 0 Å². The third kappa shape index (κ3) is 4.43. The number of carbonyl (C=O) groups is 2. The van der Waals surface area contributed by atoms with E-state index in [9.17, 15) is 9.59 Å². The molecule has 1 aliphatic rings. The minimum Gasteiger partial charge on any atom is -0.493 e. The summed E-state index contributed by atoms with van der Waals surface area (Å²) < 4.78 is 12.0. The molecule has 0 aromatic heterocycles. The Kier molecular flexibility index (Phi) is 7.69. The van der Waals surface area contributed by atoms with E-state index in [-0.39, 0.29) is 0 Å². The molecular weight excluding hydrogens is 382 g/mol. The van der Waals surface area contributed by atoms with Crippen molar-refractivity contribution in [3.8, 4) is 11.5 Å². The van der Waals surface area contributed by atoms with Crippen molar-refractivity contribution < 1.29 is 23.9 Å². The van der Waals surface area contributed by atoms with Crippen LogP contribution in [-0.2, 0) is 4.84 Å². The molecule has 2 aromatic rings. The van der Waals surface area contributed by atoms with Crippen LogP contribution in [0.1, 0.15) is 80.0 Å². The summed E-state index contributed by atoms with van der Waals surface area (Å²) in [5.74, 6) is 0.381. The highest BCUT2D eigenvalue weighted by atomic mass is 16.7. The van der Waals surface area contributed by atoms with E-state index >= 15 is 0 Å². The molecule has 0 N–H and O–H groups in total. The molecule has 6 heteroatoms. The van der Waals surface area contributed by atoms with E-state index in [4.69, 9.17) is 14.3 Å². The lowest BCUT2D eigenvalue weighted by molar-refractivity contribution is -0.0958. The number of rotatable bonds is 12. The summed E-state index contributed by atoms with van der Waals surface area (Å²) >= 11 is 0. The summed E-state index contributed by atoms with van der Waals surface area (Å²) in [5.41, 5.74) is 0.861. The summed E-state index contributed by atoms with van der Waals surface area (Å²) in [6.45, 7) is 7.69. The quantitative estimate of drug-likeness (QED) is 0.338. The number of amides is 2. The molecule has 0 unspecified atom stereocenters. The normalized spacial score (nSPS) is 13.2. The number of benzene rings is 2. The molecule has 0 spiro atoms. The second-order valence-electron chi connectivity index (χ2n) is 7.47. The Morgan fingerprint density at radius 2 is 1.13 bits per heavy atom. The lowest BCUT2D eigenvalue weighted by Crippen LogP contribution is -2.40. The van der Waals surface area contributed by atoms with E-state index in [1.807, 2.05) is 6.92 Å². The highest BCUT2D eigenvalue weighted by molar-refractivity contribution is 6.26. The number of imide groups is 1. The Labute approximate surface area is 178 Å². The van der Waals surface area contributed by atoms with Crippen molar-refractivity contribution in [1.82, 2.24) is 5.06 Å². The van der Waals surface area contributed by atoms with Crippen LogP contribution < -0.4 is 9.47 Å². The summed E-state index contributed by atoms with van der Waals surface area (Å²) in [4.78, 5) is 31.6. The number of carbonyl (C=O) groups excluding carboxylic acids is 2. The van der Waals surface area contributed by atoms with E-state index in [0.717, 1.165) is 43.6 Å². The van der Waals surface area contributed by atoms with Crippen LogP contribution in [0.15, 0.2) is 24.3 Å². The zero-order chi connectivity index (χ0) is 21.5. The maximum Gasteiger partial charge on any atom is 0.285 e. The van der Waals surface area contributed by atoms with E-state index in [2.05, 4.69) is 13.8 Å². The van der Waals surface area contributed by atoms with Gasteiger partial charge in [0.05, 0.1) is 36.3 Å².